The Morgan fingerprint density at radius 1 is 1.27 bits per heavy atom. The first kappa shape index (κ1) is 18.2. The number of aryl methyl sites for hydroxylation is 1. The van der Waals surface area contributed by atoms with Crippen LogP contribution in [0.2, 0.25) is 0 Å². The highest BCUT2D eigenvalue weighted by molar-refractivity contribution is 14.0. The summed E-state index contributed by atoms with van der Waals surface area (Å²) in [5, 5.41) is 3.00. The largest absolute Gasteiger partial charge is 0.494 e. The van der Waals surface area contributed by atoms with Crippen LogP contribution in [0.25, 0.3) is 0 Å². The summed E-state index contributed by atoms with van der Waals surface area (Å²) in [6.07, 6.45) is 0. The maximum atomic E-state index is 13.5. The van der Waals surface area contributed by atoms with Crippen LogP contribution in [-0.4, -0.2) is 13.1 Å². The second kappa shape index (κ2) is 8.57. The minimum atomic E-state index is -0.407. The Morgan fingerprint density at radius 2 is 2.05 bits per heavy atom. The molecule has 2 rings (SSSR count). The number of aliphatic imine (C=N–C) groups is 1. The molecule has 0 atom stereocenters. The van der Waals surface area contributed by atoms with Crippen molar-refractivity contribution in [3.8, 4) is 5.75 Å². The number of anilines is 1. The standard InChI is InChI=1S/C16H18FN3O.HI/c1-11-4-3-5-13(8-11)20-16(18)19-10-12-6-7-15(21-2)14(17)9-12;/h3-9H,10H2,1-2H3,(H3,18,19,20);1H. The summed E-state index contributed by atoms with van der Waals surface area (Å²) in [4.78, 5) is 4.19. The van der Waals surface area contributed by atoms with Crippen molar-refractivity contribution in [2.75, 3.05) is 12.4 Å². The lowest BCUT2D eigenvalue weighted by Crippen LogP contribution is -2.22. The molecular weight excluding hydrogens is 396 g/mol. The Labute approximate surface area is 146 Å². The number of nitrogens with one attached hydrogen (secondary N) is 1. The lowest BCUT2D eigenvalue weighted by atomic mass is 10.2. The molecule has 2 aromatic rings. The molecule has 4 nitrogen and oxygen atoms in total. The van der Waals surface area contributed by atoms with Gasteiger partial charge >= 0.3 is 0 Å². The molecule has 0 fully saturated rings. The van der Waals surface area contributed by atoms with Crippen LogP contribution in [0.15, 0.2) is 47.5 Å². The number of ether oxygens (including phenoxy) is 1. The molecule has 0 radical (unpaired) electrons. The van der Waals surface area contributed by atoms with E-state index in [1.807, 2.05) is 31.2 Å². The van der Waals surface area contributed by atoms with Crippen LogP contribution >= 0.6 is 24.0 Å². The van der Waals surface area contributed by atoms with E-state index < -0.39 is 5.82 Å². The zero-order valence-electron chi connectivity index (χ0n) is 12.5. The number of benzene rings is 2. The summed E-state index contributed by atoms with van der Waals surface area (Å²) in [7, 11) is 1.43. The highest BCUT2D eigenvalue weighted by Gasteiger charge is 2.03. The fourth-order valence-electron chi connectivity index (χ4n) is 1.89. The lowest BCUT2D eigenvalue weighted by molar-refractivity contribution is 0.386. The molecule has 3 N–H and O–H groups in total. The average Bonchev–Trinajstić information content (AvgIpc) is 2.45. The predicted octanol–water partition coefficient (Wildman–Crippen LogP) is 3.69. The van der Waals surface area contributed by atoms with E-state index in [0.29, 0.717) is 6.54 Å². The average molecular weight is 415 g/mol. The van der Waals surface area contributed by atoms with E-state index in [1.54, 1.807) is 12.1 Å². The van der Waals surface area contributed by atoms with Gasteiger partial charge in [0.25, 0.3) is 0 Å². The van der Waals surface area contributed by atoms with Gasteiger partial charge in [0.05, 0.1) is 13.7 Å². The van der Waals surface area contributed by atoms with Crippen molar-refractivity contribution in [2.45, 2.75) is 13.5 Å². The number of methoxy groups -OCH3 is 1. The molecule has 0 heterocycles. The Balaban J connectivity index is 0.00000242. The van der Waals surface area contributed by atoms with Crippen LogP contribution < -0.4 is 15.8 Å². The van der Waals surface area contributed by atoms with Gasteiger partial charge in [-0.25, -0.2) is 9.38 Å². The van der Waals surface area contributed by atoms with Gasteiger partial charge in [0.2, 0.25) is 0 Å². The van der Waals surface area contributed by atoms with Gasteiger partial charge in [-0.1, -0.05) is 18.2 Å². The van der Waals surface area contributed by atoms with E-state index >= 15 is 0 Å². The quantitative estimate of drug-likeness (QED) is 0.455. The summed E-state index contributed by atoms with van der Waals surface area (Å²) in [5.74, 6) is 0.0980. The molecule has 118 valence electrons. The molecule has 0 unspecified atom stereocenters. The first-order valence-electron chi connectivity index (χ1n) is 6.54. The van der Waals surface area contributed by atoms with Crippen LogP contribution in [0.3, 0.4) is 0 Å². The Bertz CT molecular complexity index is 662. The number of guanidine groups is 1. The van der Waals surface area contributed by atoms with Crippen molar-refractivity contribution >= 4 is 35.6 Å². The zero-order valence-corrected chi connectivity index (χ0v) is 14.8. The van der Waals surface area contributed by atoms with Gasteiger partial charge in [0.15, 0.2) is 17.5 Å². The van der Waals surface area contributed by atoms with Crippen LogP contribution in [0.4, 0.5) is 10.1 Å². The maximum Gasteiger partial charge on any atom is 0.193 e. The van der Waals surface area contributed by atoms with E-state index in [0.717, 1.165) is 16.8 Å². The second-order valence-corrected chi connectivity index (χ2v) is 4.66. The summed E-state index contributed by atoms with van der Waals surface area (Å²) < 4.78 is 18.4. The van der Waals surface area contributed by atoms with E-state index in [9.17, 15) is 4.39 Å². The number of rotatable bonds is 4. The fourth-order valence-corrected chi connectivity index (χ4v) is 1.89. The molecule has 0 bridgehead atoms. The van der Waals surface area contributed by atoms with Crippen LogP contribution in [0, 0.1) is 12.7 Å². The van der Waals surface area contributed by atoms with Crippen LogP contribution in [0.1, 0.15) is 11.1 Å². The van der Waals surface area contributed by atoms with Crippen molar-refractivity contribution in [1.29, 1.82) is 0 Å². The summed E-state index contributed by atoms with van der Waals surface area (Å²) in [6.45, 7) is 2.30. The van der Waals surface area contributed by atoms with Crippen molar-refractivity contribution in [2.24, 2.45) is 10.7 Å². The molecule has 0 aliphatic carbocycles. The van der Waals surface area contributed by atoms with E-state index in [-0.39, 0.29) is 35.7 Å². The van der Waals surface area contributed by atoms with Gasteiger partial charge in [-0.05, 0) is 42.3 Å². The Morgan fingerprint density at radius 3 is 2.68 bits per heavy atom. The second-order valence-electron chi connectivity index (χ2n) is 4.66. The molecule has 0 aliphatic heterocycles. The number of hydrogen-bond donors (Lipinski definition) is 2. The summed E-state index contributed by atoms with van der Waals surface area (Å²) in [5.41, 5.74) is 8.54. The molecule has 0 saturated carbocycles. The van der Waals surface area contributed by atoms with Crippen molar-refractivity contribution in [3.63, 3.8) is 0 Å². The number of hydrogen-bond acceptors (Lipinski definition) is 2. The van der Waals surface area contributed by atoms with Gasteiger partial charge in [-0.3, -0.25) is 0 Å². The van der Waals surface area contributed by atoms with Gasteiger partial charge in [-0.15, -0.1) is 24.0 Å². The maximum absolute atomic E-state index is 13.5. The third kappa shape index (κ3) is 5.18. The molecule has 22 heavy (non-hydrogen) atoms. The van der Waals surface area contributed by atoms with E-state index in [2.05, 4.69) is 10.3 Å². The molecule has 0 saturated heterocycles. The zero-order chi connectivity index (χ0) is 15.2. The molecule has 0 aliphatic rings. The highest BCUT2D eigenvalue weighted by Crippen LogP contribution is 2.18. The van der Waals surface area contributed by atoms with Crippen molar-refractivity contribution < 1.29 is 9.13 Å². The first-order valence-corrected chi connectivity index (χ1v) is 6.54. The molecule has 2 aromatic carbocycles. The third-order valence-corrected chi connectivity index (χ3v) is 2.94. The molecule has 0 spiro atoms. The fraction of sp³-hybridized carbons (Fsp3) is 0.188. The third-order valence-electron chi connectivity index (χ3n) is 2.94. The molecule has 0 aromatic heterocycles. The van der Waals surface area contributed by atoms with Gasteiger partial charge in [0, 0.05) is 5.69 Å². The van der Waals surface area contributed by atoms with Gasteiger partial charge in [-0.2, -0.15) is 0 Å². The number of nitrogens with zero attached hydrogens (tertiary/aromatic N) is 1. The smallest absolute Gasteiger partial charge is 0.193 e. The first-order chi connectivity index (χ1) is 10.1. The highest BCUT2D eigenvalue weighted by atomic mass is 127. The molecule has 0 amide bonds. The van der Waals surface area contributed by atoms with E-state index in [1.165, 1.54) is 13.2 Å². The van der Waals surface area contributed by atoms with Gasteiger partial charge in [0.1, 0.15) is 0 Å². The number of nitrogens with two attached hydrogens (primary N) is 1. The topological polar surface area (TPSA) is 59.6 Å². The summed E-state index contributed by atoms with van der Waals surface area (Å²) >= 11 is 0. The van der Waals surface area contributed by atoms with Gasteiger partial charge < -0.3 is 15.8 Å². The van der Waals surface area contributed by atoms with Crippen molar-refractivity contribution in [1.82, 2.24) is 0 Å². The van der Waals surface area contributed by atoms with Crippen LogP contribution in [0.5, 0.6) is 5.75 Å². The van der Waals surface area contributed by atoms with Crippen LogP contribution in [-0.2, 0) is 6.54 Å². The number of halogens is 2. The Kier molecular flexibility index (Phi) is 7.10. The summed E-state index contributed by atoms with van der Waals surface area (Å²) in [6, 6.07) is 12.5. The molecule has 6 heteroatoms. The van der Waals surface area contributed by atoms with Crippen molar-refractivity contribution in [3.05, 3.63) is 59.4 Å². The monoisotopic (exact) mass is 415 g/mol. The SMILES string of the molecule is COc1ccc(CN=C(N)Nc2cccc(C)c2)cc1F.I. The van der Waals surface area contributed by atoms with E-state index in [4.69, 9.17) is 10.5 Å². The normalized spacial score (nSPS) is 10.8. The minimum Gasteiger partial charge on any atom is -0.494 e. The minimum absolute atomic E-state index is 0. The predicted molar refractivity (Wildman–Crippen MR) is 98.5 cm³/mol. The lowest BCUT2D eigenvalue weighted by Gasteiger charge is -2.07. The Hall–Kier alpha value is -1.83. The molecular formula is C16H19FIN3O.